The third kappa shape index (κ3) is 3.94. The van der Waals surface area contributed by atoms with E-state index in [1.165, 1.54) is 0 Å². The van der Waals surface area contributed by atoms with E-state index in [9.17, 15) is 0 Å². The molecular weight excluding hydrogens is 262 g/mol. The first-order valence-corrected chi connectivity index (χ1v) is 10.0. The van der Waals surface area contributed by atoms with Crippen molar-refractivity contribution in [3.8, 4) is 11.8 Å². The van der Waals surface area contributed by atoms with E-state index in [1.54, 1.807) is 0 Å². The van der Waals surface area contributed by atoms with Crippen LogP contribution in [0.1, 0.15) is 46.7 Å². The van der Waals surface area contributed by atoms with Crippen LogP contribution < -0.4 is 0 Å². The highest BCUT2D eigenvalue weighted by Gasteiger charge is 2.43. The second-order valence-electron chi connectivity index (χ2n) is 6.91. The van der Waals surface area contributed by atoms with Crippen LogP contribution in [0.25, 0.3) is 0 Å². The topological polar surface area (TPSA) is 22.1 Å². The van der Waals surface area contributed by atoms with E-state index in [0.717, 1.165) is 5.69 Å². The van der Waals surface area contributed by atoms with Gasteiger partial charge in [0, 0.05) is 12.6 Å². The molecule has 2 nitrogen and oxygen atoms in total. The Morgan fingerprint density at radius 3 is 2.30 bits per heavy atom. The van der Waals surface area contributed by atoms with Crippen LogP contribution in [0, 0.1) is 11.8 Å². The standard InChI is InChI=1S/C17H27NOSi/c1-8-9-13-17(5,15-12-10-11-14-18-15)19-20(6,7)16(2,3)4/h10-12,14H,13H2,1-7H3. The third-order valence-corrected chi connectivity index (χ3v) is 8.67. The molecule has 0 aliphatic heterocycles. The fourth-order valence-electron chi connectivity index (χ4n) is 1.83. The number of hydrogen-bond acceptors (Lipinski definition) is 2. The van der Waals surface area contributed by atoms with Gasteiger partial charge in [0.2, 0.25) is 0 Å². The highest BCUT2D eigenvalue weighted by Crippen LogP contribution is 2.42. The van der Waals surface area contributed by atoms with E-state index in [-0.39, 0.29) is 5.04 Å². The average Bonchev–Trinajstić information content (AvgIpc) is 2.35. The number of rotatable bonds is 4. The molecule has 1 aromatic rings. The summed E-state index contributed by atoms with van der Waals surface area (Å²) in [5.41, 5.74) is 0.528. The zero-order valence-corrected chi connectivity index (χ0v) is 14.9. The lowest BCUT2D eigenvalue weighted by atomic mass is 9.98. The van der Waals surface area contributed by atoms with E-state index < -0.39 is 13.9 Å². The van der Waals surface area contributed by atoms with Crippen molar-refractivity contribution in [3.05, 3.63) is 30.1 Å². The highest BCUT2D eigenvalue weighted by molar-refractivity contribution is 6.74. The number of aromatic nitrogens is 1. The van der Waals surface area contributed by atoms with Crippen LogP contribution in [0.4, 0.5) is 0 Å². The molecule has 0 saturated carbocycles. The summed E-state index contributed by atoms with van der Waals surface area (Å²) in [5.74, 6) is 6.14. The molecule has 1 unspecified atom stereocenters. The zero-order chi connectivity index (χ0) is 15.4. The van der Waals surface area contributed by atoms with Crippen molar-refractivity contribution < 1.29 is 4.43 Å². The van der Waals surface area contributed by atoms with Gasteiger partial charge in [-0.1, -0.05) is 26.8 Å². The van der Waals surface area contributed by atoms with Gasteiger partial charge in [0.05, 0.1) is 5.69 Å². The Bertz CT molecular complexity index is 493. The monoisotopic (exact) mass is 289 g/mol. The van der Waals surface area contributed by atoms with Gasteiger partial charge in [0.1, 0.15) is 5.60 Å². The van der Waals surface area contributed by atoms with E-state index in [0.29, 0.717) is 6.42 Å². The molecule has 20 heavy (non-hydrogen) atoms. The van der Waals surface area contributed by atoms with Crippen LogP contribution in [0.2, 0.25) is 18.1 Å². The Morgan fingerprint density at radius 2 is 1.85 bits per heavy atom. The van der Waals surface area contributed by atoms with Crippen molar-refractivity contribution in [1.82, 2.24) is 4.98 Å². The van der Waals surface area contributed by atoms with Crippen LogP contribution in [0.5, 0.6) is 0 Å². The molecule has 0 aliphatic carbocycles. The smallest absolute Gasteiger partial charge is 0.193 e. The van der Waals surface area contributed by atoms with Crippen LogP contribution in [-0.2, 0) is 10.0 Å². The first kappa shape index (κ1) is 16.9. The summed E-state index contributed by atoms with van der Waals surface area (Å²) in [5, 5.41) is 0.169. The normalized spacial score (nSPS) is 15.2. The van der Waals surface area contributed by atoms with Crippen LogP contribution in [0.3, 0.4) is 0 Å². The van der Waals surface area contributed by atoms with Gasteiger partial charge in [-0.15, -0.1) is 11.8 Å². The molecule has 1 atom stereocenters. The molecular formula is C17H27NOSi. The van der Waals surface area contributed by atoms with E-state index >= 15 is 0 Å². The van der Waals surface area contributed by atoms with Crippen molar-refractivity contribution in [2.75, 3.05) is 0 Å². The Kier molecular flexibility index (Phi) is 5.18. The summed E-state index contributed by atoms with van der Waals surface area (Å²) in [4.78, 5) is 4.50. The summed E-state index contributed by atoms with van der Waals surface area (Å²) >= 11 is 0. The predicted molar refractivity (Wildman–Crippen MR) is 87.9 cm³/mol. The largest absolute Gasteiger partial charge is 0.405 e. The molecule has 0 radical (unpaired) electrons. The van der Waals surface area contributed by atoms with E-state index in [2.05, 4.69) is 57.6 Å². The summed E-state index contributed by atoms with van der Waals surface area (Å²) in [6.45, 7) is 15.3. The fraction of sp³-hybridized carbons (Fsp3) is 0.588. The van der Waals surface area contributed by atoms with Gasteiger partial charge in [-0.2, -0.15) is 0 Å². The molecule has 1 aromatic heterocycles. The van der Waals surface area contributed by atoms with Gasteiger partial charge < -0.3 is 4.43 Å². The Labute approximate surface area is 125 Å². The molecule has 0 amide bonds. The maximum Gasteiger partial charge on any atom is 0.193 e. The Morgan fingerprint density at radius 1 is 1.20 bits per heavy atom. The maximum absolute atomic E-state index is 6.65. The molecule has 0 bridgehead atoms. The molecule has 3 heteroatoms. The number of nitrogens with zero attached hydrogens (tertiary/aromatic N) is 1. The van der Waals surface area contributed by atoms with Crippen molar-refractivity contribution in [1.29, 1.82) is 0 Å². The summed E-state index contributed by atoms with van der Waals surface area (Å²) in [6, 6.07) is 5.97. The lowest BCUT2D eigenvalue weighted by molar-refractivity contribution is 0.0705. The average molecular weight is 289 g/mol. The van der Waals surface area contributed by atoms with Gasteiger partial charge in [-0.05, 0) is 44.1 Å². The molecule has 1 heterocycles. The number of pyridine rings is 1. The predicted octanol–water partition coefficient (Wildman–Crippen LogP) is 4.73. The van der Waals surface area contributed by atoms with Crippen molar-refractivity contribution in [2.24, 2.45) is 0 Å². The molecule has 0 N–H and O–H groups in total. The second-order valence-corrected chi connectivity index (χ2v) is 11.6. The van der Waals surface area contributed by atoms with Crippen molar-refractivity contribution in [3.63, 3.8) is 0 Å². The first-order valence-electron chi connectivity index (χ1n) is 7.14. The molecule has 110 valence electrons. The molecule has 0 aromatic carbocycles. The minimum atomic E-state index is -1.88. The molecule has 0 aliphatic rings. The second kappa shape index (κ2) is 6.11. The SMILES string of the molecule is CC#CCC(C)(O[Si](C)(C)C(C)(C)C)c1ccccn1. The highest BCUT2D eigenvalue weighted by atomic mass is 28.4. The molecule has 0 fully saturated rings. The van der Waals surface area contributed by atoms with Gasteiger partial charge in [-0.3, -0.25) is 4.98 Å². The molecule has 0 spiro atoms. The zero-order valence-electron chi connectivity index (χ0n) is 13.9. The lowest BCUT2D eigenvalue weighted by Gasteiger charge is -2.43. The van der Waals surface area contributed by atoms with Gasteiger partial charge >= 0.3 is 0 Å². The summed E-state index contributed by atoms with van der Waals surface area (Å²) < 4.78 is 6.65. The van der Waals surface area contributed by atoms with Gasteiger partial charge in [-0.25, -0.2) is 0 Å². The van der Waals surface area contributed by atoms with Crippen LogP contribution in [0.15, 0.2) is 24.4 Å². The molecule has 0 saturated heterocycles. The van der Waals surface area contributed by atoms with Crippen LogP contribution >= 0.6 is 0 Å². The first-order chi connectivity index (χ1) is 9.12. The molecule has 1 rings (SSSR count). The summed E-state index contributed by atoms with van der Waals surface area (Å²) in [6.07, 6.45) is 2.50. The van der Waals surface area contributed by atoms with Gasteiger partial charge in [0.25, 0.3) is 0 Å². The van der Waals surface area contributed by atoms with E-state index in [1.807, 2.05) is 31.3 Å². The third-order valence-electron chi connectivity index (χ3n) is 4.10. The van der Waals surface area contributed by atoms with Gasteiger partial charge in [0.15, 0.2) is 8.32 Å². The number of hydrogen-bond donors (Lipinski definition) is 0. The van der Waals surface area contributed by atoms with Crippen molar-refractivity contribution >= 4 is 8.32 Å². The quantitative estimate of drug-likeness (QED) is 0.590. The lowest BCUT2D eigenvalue weighted by Crippen LogP contribution is -2.47. The Hall–Kier alpha value is -1.11. The van der Waals surface area contributed by atoms with Crippen LogP contribution in [-0.4, -0.2) is 13.3 Å². The maximum atomic E-state index is 6.65. The summed E-state index contributed by atoms with van der Waals surface area (Å²) in [7, 11) is -1.88. The van der Waals surface area contributed by atoms with Crippen molar-refractivity contribution in [2.45, 2.75) is 64.8 Å². The fourth-order valence-corrected chi connectivity index (χ4v) is 3.44. The minimum absolute atomic E-state index is 0.169. The minimum Gasteiger partial charge on any atom is -0.405 e. The Balaban J connectivity index is 3.16. The van der Waals surface area contributed by atoms with E-state index in [4.69, 9.17) is 4.43 Å².